The van der Waals surface area contributed by atoms with E-state index in [1.807, 2.05) is 0 Å². The summed E-state index contributed by atoms with van der Waals surface area (Å²) < 4.78 is 0. The van der Waals surface area contributed by atoms with Crippen LogP contribution in [0.3, 0.4) is 0 Å². The van der Waals surface area contributed by atoms with Gasteiger partial charge < -0.3 is 10.8 Å². The van der Waals surface area contributed by atoms with Gasteiger partial charge in [0.25, 0.3) is 0 Å². The minimum atomic E-state index is -0.403. The smallest absolute Gasteiger partial charge is 0.0662 e. The van der Waals surface area contributed by atoms with Gasteiger partial charge in [-0.15, -0.1) is 0 Å². The summed E-state index contributed by atoms with van der Waals surface area (Å²) in [4.78, 5) is 0. The van der Waals surface area contributed by atoms with Crippen LogP contribution < -0.4 is 5.73 Å². The van der Waals surface area contributed by atoms with Crippen molar-refractivity contribution < 1.29 is 5.11 Å². The molecule has 0 amide bonds. The van der Waals surface area contributed by atoms with Gasteiger partial charge in [-0.25, -0.2) is 0 Å². The lowest BCUT2D eigenvalue weighted by Gasteiger charge is -2.37. The van der Waals surface area contributed by atoms with Crippen molar-refractivity contribution in [1.82, 2.24) is 0 Å². The highest BCUT2D eigenvalue weighted by atomic mass is 16.3. The molecule has 0 radical (unpaired) electrons. The zero-order valence-corrected chi connectivity index (χ0v) is 8.34. The summed E-state index contributed by atoms with van der Waals surface area (Å²) in [5.41, 5.74) is 5.12. The van der Waals surface area contributed by atoms with Crippen molar-refractivity contribution in [3.63, 3.8) is 0 Å². The van der Waals surface area contributed by atoms with E-state index >= 15 is 0 Å². The molecule has 0 spiro atoms. The van der Waals surface area contributed by atoms with Crippen molar-refractivity contribution in [1.29, 1.82) is 0 Å². The monoisotopic (exact) mass is 183 g/mol. The van der Waals surface area contributed by atoms with E-state index in [1.165, 1.54) is 25.7 Å². The summed E-state index contributed by atoms with van der Waals surface area (Å²) in [5.74, 6) is 1.76. The first kappa shape index (κ1) is 9.47. The molecule has 2 nitrogen and oxygen atoms in total. The maximum absolute atomic E-state index is 10.2. The highest BCUT2D eigenvalue weighted by molar-refractivity contribution is 4.92. The Hall–Kier alpha value is -0.0800. The van der Waals surface area contributed by atoms with Crippen LogP contribution in [0.5, 0.6) is 0 Å². The van der Waals surface area contributed by atoms with Crippen molar-refractivity contribution in [3.05, 3.63) is 0 Å². The Morgan fingerprint density at radius 3 is 2.62 bits per heavy atom. The van der Waals surface area contributed by atoms with E-state index in [1.54, 1.807) is 0 Å². The lowest BCUT2D eigenvalue weighted by molar-refractivity contribution is -0.0248. The molecule has 2 fully saturated rings. The molecule has 2 atom stereocenters. The molecule has 0 aliphatic heterocycles. The van der Waals surface area contributed by atoms with Crippen LogP contribution in [0.4, 0.5) is 0 Å². The van der Waals surface area contributed by atoms with Crippen molar-refractivity contribution in [3.8, 4) is 0 Å². The van der Waals surface area contributed by atoms with Gasteiger partial charge in [0.05, 0.1) is 5.60 Å². The van der Waals surface area contributed by atoms with Gasteiger partial charge in [0, 0.05) is 0 Å². The van der Waals surface area contributed by atoms with E-state index < -0.39 is 5.60 Å². The molecule has 0 aromatic rings. The van der Waals surface area contributed by atoms with Crippen LogP contribution in [0.1, 0.15) is 44.9 Å². The van der Waals surface area contributed by atoms with E-state index in [0.717, 1.165) is 31.1 Å². The van der Waals surface area contributed by atoms with Gasteiger partial charge in [-0.05, 0) is 56.9 Å². The maximum Gasteiger partial charge on any atom is 0.0662 e. The van der Waals surface area contributed by atoms with Crippen molar-refractivity contribution in [2.24, 2.45) is 17.6 Å². The molecule has 0 saturated heterocycles. The van der Waals surface area contributed by atoms with Gasteiger partial charge in [0.15, 0.2) is 0 Å². The Balaban J connectivity index is 1.89. The van der Waals surface area contributed by atoms with Crippen molar-refractivity contribution in [2.45, 2.75) is 50.5 Å². The third-order valence-corrected chi connectivity index (χ3v) is 3.76. The quantitative estimate of drug-likeness (QED) is 0.699. The molecule has 0 aromatic heterocycles. The fraction of sp³-hybridized carbons (Fsp3) is 1.00. The molecule has 0 heterocycles. The lowest BCUT2D eigenvalue weighted by atomic mass is 9.74. The Morgan fingerprint density at radius 1 is 1.23 bits per heavy atom. The fourth-order valence-electron chi connectivity index (χ4n) is 2.85. The Morgan fingerprint density at radius 2 is 2.00 bits per heavy atom. The Bertz CT molecular complexity index is 175. The molecule has 0 bridgehead atoms. The molecule has 2 aliphatic carbocycles. The van der Waals surface area contributed by atoms with Gasteiger partial charge in [-0.3, -0.25) is 0 Å². The van der Waals surface area contributed by atoms with E-state index in [4.69, 9.17) is 5.73 Å². The SMILES string of the molecule is NCCC1(O)CCCC(C2CC2)C1. The van der Waals surface area contributed by atoms with Crippen LogP contribution in [0.25, 0.3) is 0 Å². The molecule has 0 aromatic carbocycles. The van der Waals surface area contributed by atoms with Crippen LogP contribution in [0.2, 0.25) is 0 Å². The molecular formula is C11H21NO. The predicted octanol–water partition coefficient (Wildman–Crippen LogP) is 1.67. The Labute approximate surface area is 80.5 Å². The second-order valence-electron chi connectivity index (χ2n) is 4.96. The molecular weight excluding hydrogens is 162 g/mol. The van der Waals surface area contributed by atoms with Gasteiger partial charge >= 0.3 is 0 Å². The highest BCUT2D eigenvalue weighted by Gasteiger charge is 2.40. The molecule has 2 aliphatic rings. The highest BCUT2D eigenvalue weighted by Crippen LogP contribution is 2.47. The standard InChI is InChI=1S/C11H21NO/c12-7-6-11(13)5-1-2-10(8-11)9-3-4-9/h9-10,13H,1-8,12H2. The molecule has 2 rings (SSSR count). The minimum absolute atomic E-state index is 0.403. The van der Waals surface area contributed by atoms with E-state index in [2.05, 4.69) is 0 Å². The van der Waals surface area contributed by atoms with Gasteiger partial charge in [0.1, 0.15) is 0 Å². The summed E-state index contributed by atoms with van der Waals surface area (Å²) >= 11 is 0. The summed E-state index contributed by atoms with van der Waals surface area (Å²) in [6.07, 6.45) is 8.17. The number of hydrogen-bond acceptors (Lipinski definition) is 2. The summed E-state index contributed by atoms with van der Waals surface area (Å²) in [6, 6.07) is 0. The first-order chi connectivity index (χ1) is 6.23. The van der Waals surface area contributed by atoms with Crippen LogP contribution >= 0.6 is 0 Å². The van der Waals surface area contributed by atoms with E-state index in [9.17, 15) is 5.11 Å². The van der Waals surface area contributed by atoms with Crippen LogP contribution in [0.15, 0.2) is 0 Å². The topological polar surface area (TPSA) is 46.2 Å². The first-order valence-corrected chi connectivity index (χ1v) is 5.66. The molecule has 13 heavy (non-hydrogen) atoms. The zero-order chi connectivity index (χ0) is 9.31. The summed E-state index contributed by atoms with van der Waals surface area (Å²) in [6.45, 7) is 0.633. The number of rotatable bonds is 3. The third kappa shape index (κ3) is 2.23. The second kappa shape index (κ2) is 3.58. The second-order valence-corrected chi connectivity index (χ2v) is 4.96. The van der Waals surface area contributed by atoms with Gasteiger partial charge in [-0.1, -0.05) is 6.42 Å². The van der Waals surface area contributed by atoms with Crippen LogP contribution in [-0.2, 0) is 0 Å². The van der Waals surface area contributed by atoms with Gasteiger partial charge in [-0.2, -0.15) is 0 Å². The number of nitrogens with two attached hydrogens (primary N) is 1. The normalized spacial score (nSPS) is 40.6. The first-order valence-electron chi connectivity index (χ1n) is 5.66. The number of aliphatic hydroxyl groups is 1. The van der Waals surface area contributed by atoms with Gasteiger partial charge in [0.2, 0.25) is 0 Å². The van der Waals surface area contributed by atoms with Crippen molar-refractivity contribution >= 4 is 0 Å². The largest absolute Gasteiger partial charge is 0.390 e. The van der Waals surface area contributed by atoms with E-state index in [0.29, 0.717) is 6.54 Å². The van der Waals surface area contributed by atoms with E-state index in [-0.39, 0.29) is 0 Å². The average molecular weight is 183 g/mol. The average Bonchev–Trinajstić information content (AvgIpc) is 2.86. The Kier molecular flexibility index (Phi) is 2.61. The number of hydrogen-bond donors (Lipinski definition) is 2. The predicted molar refractivity (Wildman–Crippen MR) is 53.3 cm³/mol. The van der Waals surface area contributed by atoms with Crippen LogP contribution in [0, 0.1) is 11.8 Å². The maximum atomic E-state index is 10.2. The summed E-state index contributed by atoms with van der Waals surface area (Å²) in [7, 11) is 0. The summed E-state index contributed by atoms with van der Waals surface area (Å²) in [5, 5.41) is 10.2. The minimum Gasteiger partial charge on any atom is -0.390 e. The zero-order valence-electron chi connectivity index (χ0n) is 8.34. The van der Waals surface area contributed by atoms with Crippen LogP contribution in [-0.4, -0.2) is 17.3 Å². The molecule has 2 saturated carbocycles. The third-order valence-electron chi connectivity index (χ3n) is 3.76. The lowest BCUT2D eigenvalue weighted by Crippen LogP contribution is -2.37. The molecule has 2 heteroatoms. The molecule has 3 N–H and O–H groups in total. The molecule has 76 valence electrons. The fourth-order valence-corrected chi connectivity index (χ4v) is 2.85. The molecule has 2 unspecified atom stereocenters. The van der Waals surface area contributed by atoms with Crippen molar-refractivity contribution in [2.75, 3.05) is 6.54 Å².